The molecule has 0 unspecified atom stereocenters. The largest absolute Gasteiger partial charge is 0.379 e. The highest BCUT2D eigenvalue weighted by molar-refractivity contribution is 7.89. The number of nitrogens with zero attached hydrogens (tertiary/aromatic N) is 1. The SMILES string of the molecule is CC(C)CCNC(=O)c1cc(=O)[nH]c2ccc(S(=O)(=O)N3CCOCC3)cc12. The normalized spacial score (nSPS) is 15.8. The Bertz CT molecular complexity index is 1020. The van der Waals surface area contributed by atoms with Crippen LogP contribution >= 0.6 is 0 Å². The van der Waals surface area contributed by atoms with Crippen LogP contribution in [0.5, 0.6) is 0 Å². The third kappa shape index (κ3) is 4.43. The fraction of sp³-hybridized carbons (Fsp3) is 0.474. The van der Waals surface area contributed by atoms with E-state index in [0.717, 1.165) is 6.42 Å². The van der Waals surface area contributed by atoms with E-state index < -0.39 is 21.5 Å². The third-order valence-corrected chi connectivity index (χ3v) is 6.57. The Labute approximate surface area is 163 Å². The van der Waals surface area contributed by atoms with E-state index >= 15 is 0 Å². The van der Waals surface area contributed by atoms with Gasteiger partial charge in [-0.2, -0.15) is 4.31 Å². The summed E-state index contributed by atoms with van der Waals surface area (Å²) in [5.74, 6) is 0.0409. The minimum Gasteiger partial charge on any atom is -0.379 e. The lowest BCUT2D eigenvalue weighted by molar-refractivity contribution is 0.0730. The second-order valence-corrected chi connectivity index (χ2v) is 9.15. The van der Waals surface area contributed by atoms with Crippen molar-refractivity contribution >= 4 is 26.8 Å². The molecule has 2 aromatic rings. The quantitative estimate of drug-likeness (QED) is 0.751. The summed E-state index contributed by atoms with van der Waals surface area (Å²) in [7, 11) is -3.70. The minimum atomic E-state index is -3.70. The number of nitrogens with one attached hydrogen (secondary N) is 2. The van der Waals surface area contributed by atoms with E-state index in [1.165, 1.54) is 28.6 Å². The molecule has 0 bridgehead atoms. The third-order valence-electron chi connectivity index (χ3n) is 4.67. The molecule has 1 aromatic heterocycles. The van der Waals surface area contributed by atoms with Gasteiger partial charge in [-0.25, -0.2) is 8.42 Å². The summed E-state index contributed by atoms with van der Waals surface area (Å²) in [5, 5.41) is 3.20. The van der Waals surface area contributed by atoms with Gasteiger partial charge in [-0.3, -0.25) is 9.59 Å². The highest BCUT2D eigenvalue weighted by atomic mass is 32.2. The molecule has 1 fully saturated rings. The smallest absolute Gasteiger partial charge is 0.252 e. The average molecular weight is 407 g/mol. The van der Waals surface area contributed by atoms with E-state index in [4.69, 9.17) is 4.74 Å². The van der Waals surface area contributed by atoms with Crippen LogP contribution < -0.4 is 10.9 Å². The van der Waals surface area contributed by atoms with Crippen molar-refractivity contribution < 1.29 is 17.9 Å². The summed E-state index contributed by atoms with van der Waals surface area (Å²) in [6.45, 7) is 5.86. The van der Waals surface area contributed by atoms with Crippen LogP contribution in [0.25, 0.3) is 10.9 Å². The summed E-state index contributed by atoms with van der Waals surface area (Å²) >= 11 is 0. The monoisotopic (exact) mass is 407 g/mol. The van der Waals surface area contributed by atoms with E-state index in [9.17, 15) is 18.0 Å². The Morgan fingerprint density at radius 3 is 2.64 bits per heavy atom. The maximum atomic E-state index is 12.9. The van der Waals surface area contributed by atoms with Crippen molar-refractivity contribution in [3.63, 3.8) is 0 Å². The molecule has 28 heavy (non-hydrogen) atoms. The molecule has 1 aromatic carbocycles. The highest BCUT2D eigenvalue weighted by Gasteiger charge is 2.27. The number of carbonyl (C=O) groups is 1. The molecule has 1 saturated heterocycles. The Morgan fingerprint density at radius 1 is 1.25 bits per heavy atom. The van der Waals surface area contributed by atoms with Crippen molar-refractivity contribution in [1.29, 1.82) is 0 Å². The molecule has 1 aliphatic heterocycles. The van der Waals surface area contributed by atoms with E-state index in [1.54, 1.807) is 0 Å². The number of morpholine rings is 1. The molecule has 0 atom stereocenters. The number of hydrogen-bond acceptors (Lipinski definition) is 5. The number of hydrogen-bond donors (Lipinski definition) is 2. The fourth-order valence-corrected chi connectivity index (χ4v) is 4.52. The molecule has 1 aliphatic rings. The predicted octanol–water partition coefficient (Wildman–Crippen LogP) is 1.32. The zero-order valence-electron chi connectivity index (χ0n) is 16.0. The predicted molar refractivity (Wildman–Crippen MR) is 106 cm³/mol. The summed E-state index contributed by atoms with van der Waals surface area (Å²) in [6, 6.07) is 5.63. The number of aromatic nitrogens is 1. The number of carbonyl (C=O) groups excluding carboxylic acids is 1. The lowest BCUT2D eigenvalue weighted by atomic mass is 10.1. The molecule has 9 heteroatoms. The van der Waals surface area contributed by atoms with Crippen LogP contribution in [0, 0.1) is 5.92 Å². The van der Waals surface area contributed by atoms with Crippen LogP contribution in [0.1, 0.15) is 30.6 Å². The van der Waals surface area contributed by atoms with Gasteiger partial charge in [-0.05, 0) is 30.5 Å². The van der Waals surface area contributed by atoms with Crippen LogP contribution in [-0.4, -0.2) is 56.5 Å². The van der Waals surface area contributed by atoms with Crippen LogP contribution in [0.3, 0.4) is 0 Å². The van der Waals surface area contributed by atoms with Gasteiger partial charge in [0.1, 0.15) is 0 Å². The zero-order valence-corrected chi connectivity index (χ0v) is 16.8. The molecule has 0 saturated carbocycles. The molecular formula is C19H25N3O5S. The Morgan fingerprint density at radius 2 is 1.96 bits per heavy atom. The first-order valence-corrected chi connectivity index (χ1v) is 10.8. The fourth-order valence-electron chi connectivity index (χ4n) is 3.09. The van der Waals surface area contributed by atoms with Crippen molar-refractivity contribution in [1.82, 2.24) is 14.6 Å². The summed E-state index contributed by atoms with van der Waals surface area (Å²) < 4.78 is 32.4. The summed E-state index contributed by atoms with van der Waals surface area (Å²) in [6.07, 6.45) is 0.809. The van der Waals surface area contributed by atoms with Crippen LogP contribution in [0.2, 0.25) is 0 Å². The zero-order chi connectivity index (χ0) is 20.3. The number of amides is 1. The number of aromatic amines is 1. The first-order valence-electron chi connectivity index (χ1n) is 9.32. The molecular weight excluding hydrogens is 382 g/mol. The van der Waals surface area contributed by atoms with Gasteiger partial charge in [0, 0.05) is 36.6 Å². The van der Waals surface area contributed by atoms with Gasteiger partial charge >= 0.3 is 0 Å². The molecule has 1 amide bonds. The number of H-pyrrole nitrogens is 1. The van der Waals surface area contributed by atoms with Crippen LogP contribution in [-0.2, 0) is 14.8 Å². The van der Waals surface area contributed by atoms with Crippen LogP contribution in [0.15, 0.2) is 34.0 Å². The number of fused-ring (bicyclic) bond motifs is 1. The first kappa shape index (κ1) is 20.5. The number of benzene rings is 1. The Kier molecular flexibility index (Phi) is 6.17. The Balaban J connectivity index is 1.99. The van der Waals surface area contributed by atoms with E-state index in [2.05, 4.69) is 24.1 Å². The first-order chi connectivity index (χ1) is 13.3. The number of rotatable bonds is 6. The van der Waals surface area contributed by atoms with Crippen molar-refractivity contribution in [2.24, 2.45) is 5.92 Å². The van der Waals surface area contributed by atoms with Gasteiger partial charge in [-0.1, -0.05) is 13.8 Å². The molecule has 0 radical (unpaired) electrons. The highest BCUT2D eigenvalue weighted by Crippen LogP contribution is 2.23. The molecule has 3 rings (SSSR count). The lowest BCUT2D eigenvalue weighted by Crippen LogP contribution is -2.40. The lowest BCUT2D eigenvalue weighted by Gasteiger charge is -2.26. The summed E-state index contributed by atoms with van der Waals surface area (Å²) in [5.41, 5.74) is 0.175. The van der Waals surface area contributed by atoms with Gasteiger partial charge in [-0.15, -0.1) is 0 Å². The number of sulfonamides is 1. The molecule has 8 nitrogen and oxygen atoms in total. The average Bonchev–Trinajstić information content (AvgIpc) is 2.67. The molecule has 0 spiro atoms. The van der Waals surface area contributed by atoms with Gasteiger partial charge < -0.3 is 15.0 Å². The van der Waals surface area contributed by atoms with Gasteiger partial charge in [0.05, 0.1) is 23.7 Å². The van der Waals surface area contributed by atoms with Gasteiger partial charge in [0.15, 0.2) is 0 Å². The molecule has 2 N–H and O–H groups in total. The Hall–Kier alpha value is -2.23. The van der Waals surface area contributed by atoms with E-state index in [0.29, 0.717) is 36.6 Å². The maximum absolute atomic E-state index is 12.9. The van der Waals surface area contributed by atoms with Crippen molar-refractivity contribution in [2.45, 2.75) is 25.2 Å². The molecule has 152 valence electrons. The standard InChI is InChI=1S/C19H25N3O5S/c1-13(2)5-6-20-19(24)16-12-18(23)21-17-4-3-14(11-15(16)17)28(25,26)22-7-9-27-10-8-22/h3-4,11-13H,5-10H2,1-2H3,(H,20,24)(H,21,23). The molecule has 2 heterocycles. The minimum absolute atomic E-state index is 0.0881. The van der Waals surface area contributed by atoms with Crippen molar-refractivity contribution in [2.75, 3.05) is 32.8 Å². The van der Waals surface area contributed by atoms with Crippen molar-refractivity contribution in [3.05, 3.63) is 40.2 Å². The van der Waals surface area contributed by atoms with Crippen LogP contribution in [0.4, 0.5) is 0 Å². The topological polar surface area (TPSA) is 109 Å². The number of pyridine rings is 1. The second kappa shape index (κ2) is 8.42. The number of ether oxygens (including phenoxy) is 1. The van der Waals surface area contributed by atoms with Crippen molar-refractivity contribution in [3.8, 4) is 0 Å². The molecule has 0 aliphatic carbocycles. The van der Waals surface area contributed by atoms with E-state index in [1.807, 2.05) is 0 Å². The summed E-state index contributed by atoms with van der Waals surface area (Å²) in [4.78, 5) is 27.3. The van der Waals surface area contributed by atoms with Gasteiger partial charge in [0.2, 0.25) is 15.6 Å². The maximum Gasteiger partial charge on any atom is 0.252 e. The second-order valence-electron chi connectivity index (χ2n) is 7.21. The van der Waals surface area contributed by atoms with E-state index in [-0.39, 0.29) is 23.5 Å². The van der Waals surface area contributed by atoms with Gasteiger partial charge in [0.25, 0.3) is 5.91 Å².